The van der Waals surface area contributed by atoms with Gasteiger partial charge in [0, 0.05) is 5.69 Å². The van der Waals surface area contributed by atoms with Crippen molar-refractivity contribution in [2.75, 3.05) is 10.0 Å². The zero-order valence-corrected chi connectivity index (χ0v) is 18.4. The molecule has 0 bridgehead atoms. The van der Waals surface area contributed by atoms with E-state index in [-0.39, 0.29) is 22.2 Å². The van der Waals surface area contributed by atoms with Crippen molar-refractivity contribution in [3.05, 3.63) is 83.4 Å². The lowest BCUT2D eigenvalue weighted by Gasteiger charge is -2.16. The number of nitrogens with zero attached hydrogens (tertiary/aromatic N) is 2. The van der Waals surface area contributed by atoms with Gasteiger partial charge in [0.05, 0.1) is 21.5 Å². The highest BCUT2D eigenvalue weighted by Crippen LogP contribution is 2.33. The molecular weight excluding hydrogens is 453 g/mol. The number of aryl methyl sites for hydroxylation is 2. The second kappa shape index (κ2) is 8.36. The lowest BCUT2D eigenvalue weighted by Crippen LogP contribution is -2.17. The van der Waals surface area contributed by atoms with Crippen molar-refractivity contribution in [1.82, 2.24) is 9.97 Å². The summed E-state index contributed by atoms with van der Waals surface area (Å²) in [5, 5.41) is 2.78. The van der Waals surface area contributed by atoms with Crippen molar-refractivity contribution in [3.8, 4) is 0 Å². The maximum absolute atomic E-state index is 13.1. The number of rotatable bonds is 5. The first kappa shape index (κ1) is 22.5. The number of fused-ring (bicyclic) bond motifs is 1. The Bertz CT molecular complexity index is 1450. The molecular formula is C23H19F3N4O2S. The fourth-order valence-corrected chi connectivity index (χ4v) is 4.59. The Morgan fingerprint density at radius 3 is 2.15 bits per heavy atom. The number of para-hydroxylation sites is 2. The third-order valence-electron chi connectivity index (χ3n) is 4.89. The molecule has 0 unspecified atom stereocenters. The number of hydrogen-bond donors (Lipinski definition) is 2. The van der Waals surface area contributed by atoms with Crippen LogP contribution in [-0.4, -0.2) is 18.4 Å². The highest BCUT2D eigenvalue weighted by molar-refractivity contribution is 7.92. The molecule has 4 rings (SSSR count). The summed E-state index contributed by atoms with van der Waals surface area (Å²) >= 11 is 0. The quantitative estimate of drug-likeness (QED) is 0.383. The summed E-state index contributed by atoms with van der Waals surface area (Å²) < 4.78 is 68.1. The van der Waals surface area contributed by atoms with Crippen LogP contribution in [0.1, 0.15) is 16.7 Å². The monoisotopic (exact) mass is 472 g/mol. The van der Waals surface area contributed by atoms with Gasteiger partial charge in [-0.3, -0.25) is 4.72 Å². The van der Waals surface area contributed by atoms with E-state index in [0.29, 0.717) is 16.6 Å². The second-order valence-corrected chi connectivity index (χ2v) is 9.14. The summed E-state index contributed by atoms with van der Waals surface area (Å²) in [4.78, 5) is 8.84. The third kappa shape index (κ3) is 4.90. The number of halogens is 3. The number of sulfonamides is 1. The number of alkyl halides is 3. The first-order valence-corrected chi connectivity index (χ1v) is 11.3. The third-order valence-corrected chi connectivity index (χ3v) is 6.37. The maximum atomic E-state index is 13.1. The van der Waals surface area contributed by atoms with Crippen LogP contribution in [-0.2, 0) is 16.2 Å². The summed E-state index contributed by atoms with van der Waals surface area (Å²) in [6.45, 7) is 3.44. The van der Waals surface area contributed by atoms with Crippen LogP contribution < -0.4 is 10.0 Å². The van der Waals surface area contributed by atoms with Crippen LogP contribution in [0, 0.1) is 13.8 Å². The van der Waals surface area contributed by atoms with Crippen molar-refractivity contribution >= 4 is 38.4 Å². The van der Waals surface area contributed by atoms with Gasteiger partial charge >= 0.3 is 6.18 Å². The molecule has 0 aliphatic rings. The zero-order valence-electron chi connectivity index (χ0n) is 17.6. The zero-order chi connectivity index (χ0) is 23.8. The second-order valence-electron chi connectivity index (χ2n) is 7.49. The van der Waals surface area contributed by atoms with Gasteiger partial charge in [-0.05, 0) is 61.4 Å². The molecule has 10 heteroatoms. The van der Waals surface area contributed by atoms with E-state index in [9.17, 15) is 21.6 Å². The fraction of sp³-hybridized carbons (Fsp3) is 0.130. The van der Waals surface area contributed by atoms with E-state index in [0.717, 1.165) is 17.7 Å². The first-order valence-electron chi connectivity index (χ1n) is 9.84. The van der Waals surface area contributed by atoms with E-state index < -0.39 is 21.8 Å². The van der Waals surface area contributed by atoms with Crippen LogP contribution in [0.4, 0.5) is 30.5 Å². The molecule has 33 heavy (non-hydrogen) atoms. The summed E-state index contributed by atoms with van der Waals surface area (Å²) in [6.07, 6.45) is -4.53. The summed E-state index contributed by atoms with van der Waals surface area (Å²) in [5.41, 5.74) is 1.40. The van der Waals surface area contributed by atoms with E-state index >= 15 is 0 Å². The molecule has 6 nitrogen and oxygen atoms in total. The normalized spacial score (nSPS) is 12.0. The Morgan fingerprint density at radius 2 is 1.48 bits per heavy atom. The van der Waals surface area contributed by atoms with Crippen molar-refractivity contribution in [2.24, 2.45) is 0 Å². The van der Waals surface area contributed by atoms with Gasteiger partial charge < -0.3 is 5.32 Å². The Hall–Kier alpha value is -3.66. The Balaban J connectivity index is 1.80. The van der Waals surface area contributed by atoms with Crippen molar-refractivity contribution in [1.29, 1.82) is 0 Å². The summed E-state index contributed by atoms with van der Waals surface area (Å²) in [6, 6.07) is 16.3. The minimum absolute atomic E-state index is 0.0260. The van der Waals surface area contributed by atoms with Crippen LogP contribution in [0.25, 0.3) is 11.0 Å². The number of anilines is 3. The van der Waals surface area contributed by atoms with E-state index in [1.807, 2.05) is 0 Å². The molecule has 0 saturated carbocycles. The number of nitrogens with one attached hydrogen (secondary N) is 2. The minimum Gasteiger partial charge on any atom is -0.337 e. The molecule has 0 fully saturated rings. The summed E-state index contributed by atoms with van der Waals surface area (Å²) in [5.74, 6) is -0.158. The van der Waals surface area contributed by atoms with Gasteiger partial charge in [0.2, 0.25) is 0 Å². The van der Waals surface area contributed by atoms with Gasteiger partial charge in [0.1, 0.15) is 0 Å². The SMILES string of the molecule is Cc1ccc(C)c(S(=O)(=O)Nc2nc3ccccc3nc2Nc2cccc(C(F)(F)F)c2)c1. The standard InChI is InChI=1S/C23H19F3N4O2S/c1-14-10-11-15(2)20(12-14)33(31,32)30-22-21(28-18-8-3-4-9-19(18)29-22)27-17-7-5-6-16(13-17)23(24,25)26/h3-13H,1-2H3,(H,27,28)(H,29,30). The van der Waals surface area contributed by atoms with E-state index in [1.54, 1.807) is 50.2 Å². The van der Waals surface area contributed by atoms with Crippen LogP contribution in [0.2, 0.25) is 0 Å². The Labute approximate surface area is 188 Å². The Kier molecular flexibility index (Phi) is 5.71. The Morgan fingerprint density at radius 1 is 0.818 bits per heavy atom. The molecule has 1 heterocycles. The molecule has 0 radical (unpaired) electrons. The molecule has 0 aliphatic heterocycles. The van der Waals surface area contributed by atoms with Gasteiger partial charge in [-0.25, -0.2) is 18.4 Å². The molecule has 1 aromatic heterocycles. The molecule has 170 valence electrons. The number of aromatic nitrogens is 2. The highest BCUT2D eigenvalue weighted by Gasteiger charge is 2.30. The molecule has 4 aromatic rings. The van der Waals surface area contributed by atoms with Crippen LogP contribution in [0.5, 0.6) is 0 Å². The van der Waals surface area contributed by atoms with Crippen molar-refractivity contribution < 1.29 is 21.6 Å². The topological polar surface area (TPSA) is 84.0 Å². The minimum atomic E-state index is -4.53. The van der Waals surface area contributed by atoms with Crippen LogP contribution >= 0.6 is 0 Å². The average molecular weight is 472 g/mol. The highest BCUT2D eigenvalue weighted by atomic mass is 32.2. The molecule has 2 N–H and O–H groups in total. The van der Waals surface area contributed by atoms with Gasteiger partial charge in [-0.15, -0.1) is 0 Å². The fourth-order valence-electron chi connectivity index (χ4n) is 3.25. The van der Waals surface area contributed by atoms with Gasteiger partial charge in [-0.2, -0.15) is 13.2 Å². The van der Waals surface area contributed by atoms with Crippen molar-refractivity contribution in [2.45, 2.75) is 24.9 Å². The lowest BCUT2D eigenvalue weighted by molar-refractivity contribution is -0.137. The predicted molar refractivity (Wildman–Crippen MR) is 121 cm³/mol. The molecule has 0 spiro atoms. The summed E-state index contributed by atoms with van der Waals surface area (Å²) in [7, 11) is -4.05. The number of hydrogen-bond acceptors (Lipinski definition) is 5. The van der Waals surface area contributed by atoms with E-state index in [2.05, 4.69) is 20.0 Å². The first-order chi connectivity index (χ1) is 15.5. The lowest BCUT2D eigenvalue weighted by atomic mass is 10.2. The van der Waals surface area contributed by atoms with Gasteiger partial charge in [0.15, 0.2) is 11.6 Å². The average Bonchev–Trinajstić information content (AvgIpc) is 2.75. The van der Waals surface area contributed by atoms with Crippen LogP contribution in [0.15, 0.2) is 71.6 Å². The molecule has 0 aliphatic carbocycles. The van der Waals surface area contributed by atoms with Crippen LogP contribution in [0.3, 0.4) is 0 Å². The smallest absolute Gasteiger partial charge is 0.337 e. The van der Waals surface area contributed by atoms with E-state index in [1.165, 1.54) is 18.2 Å². The molecule has 3 aromatic carbocycles. The predicted octanol–water partition coefficient (Wildman–Crippen LogP) is 5.81. The molecule has 0 saturated heterocycles. The van der Waals surface area contributed by atoms with Crippen molar-refractivity contribution in [3.63, 3.8) is 0 Å². The molecule has 0 atom stereocenters. The number of benzene rings is 3. The van der Waals surface area contributed by atoms with Gasteiger partial charge in [0.25, 0.3) is 10.0 Å². The molecule has 0 amide bonds. The largest absolute Gasteiger partial charge is 0.416 e. The maximum Gasteiger partial charge on any atom is 0.416 e. The van der Waals surface area contributed by atoms with E-state index in [4.69, 9.17) is 0 Å². The van der Waals surface area contributed by atoms with Gasteiger partial charge in [-0.1, -0.05) is 30.3 Å².